The number of fused-ring (bicyclic) bond motifs is 1. The second-order valence-electron chi connectivity index (χ2n) is 8.49. The molecule has 1 saturated heterocycles. The van der Waals surface area contributed by atoms with Crippen LogP contribution in [0.3, 0.4) is 0 Å². The molecule has 1 fully saturated rings. The number of esters is 1. The van der Waals surface area contributed by atoms with E-state index in [2.05, 4.69) is 0 Å². The number of aryl methyl sites for hydroxylation is 1. The zero-order valence-electron chi connectivity index (χ0n) is 20.0. The molecule has 2 amide bonds. The first kappa shape index (κ1) is 24.3. The number of carbonyl (C=O) groups excluding carboxylic acids is 3. The maximum absolute atomic E-state index is 12.9. The number of thioether (sulfide) groups is 1. The van der Waals surface area contributed by atoms with Crippen molar-refractivity contribution in [3.63, 3.8) is 0 Å². The highest BCUT2D eigenvalue weighted by atomic mass is 32.2. The van der Waals surface area contributed by atoms with Gasteiger partial charge in [-0.25, -0.2) is 4.79 Å². The van der Waals surface area contributed by atoms with Gasteiger partial charge in [0.05, 0.1) is 17.0 Å². The van der Waals surface area contributed by atoms with Crippen LogP contribution in [0, 0.1) is 6.92 Å². The molecule has 0 bridgehead atoms. The van der Waals surface area contributed by atoms with E-state index < -0.39 is 5.97 Å². The van der Waals surface area contributed by atoms with Gasteiger partial charge in [0, 0.05) is 5.39 Å². The number of imide groups is 1. The minimum Gasteiger partial charge on any atom is -0.491 e. The smallest absolute Gasteiger partial charge is 0.343 e. The second kappa shape index (κ2) is 10.7. The standard InChI is InChI=1S/C30H23NO5S/c1-20-6-4-9-23(18-20)29(33)36-24-14-12-21(13-15-24)19-27-28(32)31(30(34)37-27)16-17-35-26-11-5-8-22-7-2-3-10-25(22)26/h2-15,18-19H,16-17H2,1H3/b27-19-. The van der Waals surface area contributed by atoms with Gasteiger partial charge in [0.15, 0.2) is 0 Å². The quantitative estimate of drug-likeness (QED) is 0.161. The third-order valence-corrected chi connectivity index (χ3v) is 6.75. The van der Waals surface area contributed by atoms with Gasteiger partial charge in [-0.05, 0) is 66.0 Å². The van der Waals surface area contributed by atoms with Crippen LogP contribution in [0.15, 0.2) is 95.9 Å². The highest BCUT2D eigenvalue weighted by Crippen LogP contribution is 2.32. The van der Waals surface area contributed by atoms with Crippen molar-refractivity contribution >= 4 is 45.7 Å². The summed E-state index contributed by atoms with van der Waals surface area (Å²) in [5.41, 5.74) is 2.16. The van der Waals surface area contributed by atoms with Crippen molar-refractivity contribution in [2.45, 2.75) is 6.92 Å². The van der Waals surface area contributed by atoms with Crippen LogP contribution in [0.1, 0.15) is 21.5 Å². The summed E-state index contributed by atoms with van der Waals surface area (Å²) < 4.78 is 11.3. The monoisotopic (exact) mass is 509 g/mol. The average Bonchev–Trinajstić information content (AvgIpc) is 3.17. The van der Waals surface area contributed by atoms with E-state index in [4.69, 9.17) is 9.47 Å². The minimum absolute atomic E-state index is 0.152. The highest BCUT2D eigenvalue weighted by molar-refractivity contribution is 8.18. The number of amides is 2. The fourth-order valence-corrected chi connectivity index (χ4v) is 4.85. The van der Waals surface area contributed by atoms with E-state index in [0.717, 1.165) is 28.1 Å². The number of nitrogens with zero attached hydrogens (tertiary/aromatic N) is 1. The molecule has 0 aliphatic carbocycles. The average molecular weight is 510 g/mol. The molecule has 1 aliphatic rings. The van der Waals surface area contributed by atoms with Gasteiger partial charge in [0.25, 0.3) is 11.1 Å². The lowest BCUT2D eigenvalue weighted by Crippen LogP contribution is -2.32. The van der Waals surface area contributed by atoms with E-state index >= 15 is 0 Å². The van der Waals surface area contributed by atoms with Crippen molar-refractivity contribution in [3.05, 3.63) is 113 Å². The Morgan fingerprint density at radius 1 is 0.919 bits per heavy atom. The molecule has 0 N–H and O–H groups in total. The van der Waals surface area contributed by atoms with Gasteiger partial charge in [0.1, 0.15) is 18.1 Å². The molecule has 1 aliphatic heterocycles. The number of ether oxygens (including phenoxy) is 2. The molecule has 1 heterocycles. The second-order valence-corrected chi connectivity index (χ2v) is 9.48. The number of hydrogen-bond acceptors (Lipinski definition) is 6. The Morgan fingerprint density at radius 2 is 1.68 bits per heavy atom. The lowest BCUT2D eigenvalue weighted by atomic mass is 10.1. The summed E-state index contributed by atoms with van der Waals surface area (Å²) in [6.07, 6.45) is 1.66. The summed E-state index contributed by atoms with van der Waals surface area (Å²) in [4.78, 5) is 39.2. The maximum atomic E-state index is 12.9. The molecule has 7 heteroatoms. The third kappa shape index (κ3) is 5.57. The Kier molecular flexibility index (Phi) is 7.05. The van der Waals surface area contributed by atoms with E-state index in [0.29, 0.717) is 27.5 Å². The summed E-state index contributed by atoms with van der Waals surface area (Å²) in [5, 5.41) is 1.71. The van der Waals surface area contributed by atoms with Crippen molar-refractivity contribution in [3.8, 4) is 11.5 Å². The van der Waals surface area contributed by atoms with Crippen LogP contribution < -0.4 is 9.47 Å². The molecule has 6 nitrogen and oxygen atoms in total. The Morgan fingerprint density at radius 3 is 2.49 bits per heavy atom. The van der Waals surface area contributed by atoms with Gasteiger partial charge in [-0.15, -0.1) is 0 Å². The van der Waals surface area contributed by atoms with Gasteiger partial charge in [-0.1, -0.05) is 66.2 Å². The van der Waals surface area contributed by atoms with Crippen LogP contribution in [-0.4, -0.2) is 35.2 Å². The van der Waals surface area contributed by atoms with Crippen LogP contribution in [0.2, 0.25) is 0 Å². The SMILES string of the molecule is Cc1cccc(C(=O)Oc2ccc(/C=C3\SC(=O)N(CCOc4cccc5ccccc45)C3=O)cc2)c1. The van der Waals surface area contributed by atoms with Gasteiger partial charge in [0.2, 0.25) is 0 Å². The van der Waals surface area contributed by atoms with Crippen molar-refractivity contribution in [1.29, 1.82) is 0 Å². The van der Waals surface area contributed by atoms with Crippen LogP contribution >= 0.6 is 11.8 Å². The molecule has 184 valence electrons. The van der Waals surface area contributed by atoms with Gasteiger partial charge in [-0.2, -0.15) is 0 Å². The summed E-state index contributed by atoms with van der Waals surface area (Å²) in [5.74, 6) is 0.306. The van der Waals surface area contributed by atoms with Gasteiger partial charge < -0.3 is 9.47 Å². The largest absolute Gasteiger partial charge is 0.491 e. The molecule has 0 atom stereocenters. The number of carbonyl (C=O) groups is 3. The summed E-state index contributed by atoms with van der Waals surface area (Å²) >= 11 is 0.897. The minimum atomic E-state index is -0.441. The fraction of sp³-hybridized carbons (Fsp3) is 0.100. The molecular weight excluding hydrogens is 486 g/mol. The lowest BCUT2D eigenvalue weighted by Gasteiger charge is -2.14. The normalized spacial score (nSPS) is 14.4. The van der Waals surface area contributed by atoms with Crippen molar-refractivity contribution in [2.75, 3.05) is 13.2 Å². The molecule has 0 unspecified atom stereocenters. The zero-order chi connectivity index (χ0) is 25.8. The first-order valence-corrected chi connectivity index (χ1v) is 12.5. The number of hydrogen-bond donors (Lipinski definition) is 0. The number of benzene rings is 4. The Labute approximate surface area is 218 Å². The van der Waals surface area contributed by atoms with Crippen LogP contribution in [0.4, 0.5) is 4.79 Å². The van der Waals surface area contributed by atoms with Crippen molar-refractivity contribution < 1.29 is 23.9 Å². The van der Waals surface area contributed by atoms with E-state index in [9.17, 15) is 14.4 Å². The predicted molar refractivity (Wildman–Crippen MR) is 145 cm³/mol. The van der Waals surface area contributed by atoms with E-state index in [1.165, 1.54) is 4.90 Å². The Balaban J connectivity index is 1.20. The molecule has 0 spiro atoms. The van der Waals surface area contributed by atoms with Crippen LogP contribution in [0.5, 0.6) is 11.5 Å². The molecule has 37 heavy (non-hydrogen) atoms. The summed E-state index contributed by atoms with van der Waals surface area (Å²) in [6.45, 7) is 2.25. The summed E-state index contributed by atoms with van der Waals surface area (Å²) in [7, 11) is 0. The zero-order valence-corrected chi connectivity index (χ0v) is 20.9. The first-order valence-electron chi connectivity index (χ1n) is 11.7. The molecular formula is C30H23NO5S. The van der Waals surface area contributed by atoms with E-state index in [1.807, 2.05) is 55.5 Å². The van der Waals surface area contributed by atoms with E-state index in [-0.39, 0.29) is 24.3 Å². The lowest BCUT2D eigenvalue weighted by molar-refractivity contribution is -0.123. The third-order valence-electron chi connectivity index (χ3n) is 5.84. The maximum Gasteiger partial charge on any atom is 0.343 e. The molecule has 5 rings (SSSR count). The molecule has 0 radical (unpaired) electrons. The van der Waals surface area contributed by atoms with Crippen LogP contribution in [-0.2, 0) is 4.79 Å². The molecule has 0 saturated carbocycles. The Hall–Kier alpha value is -4.36. The molecule has 4 aromatic rings. The van der Waals surface area contributed by atoms with Crippen LogP contribution in [0.25, 0.3) is 16.8 Å². The van der Waals surface area contributed by atoms with Crippen molar-refractivity contribution in [2.24, 2.45) is 0 Å². The number of rotatable bonds is 7. The molecule has 4 aromatic carbocycles. The summed E-state index contributed by atoms with van der Waals surface area (Å²) in [6, 6.07) is 27.6. The fourth-order valence-electron chi connectivity index (χ4n) is 3.98. The Bertz CT molecular complexity index is 1520. The van der Waals surface area contributed by atoms with Crippen molar-refractivity contribution in [1.82, 2.24) is 4.90 Å². The molecule has 0 aromatic heterocycles. The van der Waals surface area contributed by atoms with E-state index in [1.54, 1.807) is 48.5 Å². The predicted octanol–water partition coefficient (Wildman–Crippen LogP) is 6.48. The topological polar surface area (TPSA) is 72.9 Å². The first-order chi connectivity index (χ1) is 18.0. The highest BCUT2D eigenvalue weighted by Gasteiger charge is 2.34. The van der Waals surface area contributed by atoms with Gasteiger partial charge in [-0.3, -0.25) is 14.5 Å². The van der Waals surface area contributed by atoms with Gasteiger partial charge >= 0.3 is 5.97 Å².